The second-order valence-corrected chi connectivity index (χ2v) is 6.75. The van der Waals surface area contributed by atoms with Gasteiger partial charge in [-0.05, 0) is 40.2 Å². The number of esters is 1. The lowest BCUT2D eigenvalue weighted by Gasteiger charge is -2.15. The Morgan fingerprint density at radius 1 is 0.833 bits per heavy atom. The molecule has 0 fully saturated rings. The smallest absolute Gasteiger partial charge is 0.308 e. The van der Waals surface area contributed by atoms with Crippen LogP contribution in [0.1, 0.15) is 22.8 Å². The molecule has 0 amide bonds. The van der Waals surface area contributed by atoms with E-state index >= 15 is 0 Å². The van der Waals surface area contributed by atoms with E-state index in [1.807, 2.05) is 0 Å². The minimum atomic E-state index is -0.553. The first kappa shape index (κ1) is 21.5. The van der Waals surface area contributed by atoms with Crippen LogP contribution in [0.15, 0.2) is 33.4 Å². The molecule has 0 saturated carbocycles. The summed E-state index contributed by atoms with van der Waals surface area (Å²) in [4.78, 5) is 25.0. The minimum Gasteiger partial charge on any atom is -0.493 e. The molecule has 1 heterocycles. The van der Waals surface area contributed by atoms with Gasteiger partial charge in [-0.25, -0.2) is 0 Å². The molecule has 3 rings (SSSR count). The van der Waals surface area contributed by atoms with E-state index < -0.39 is 11.8 Å². The highest BCUT2D eigenvalue weighted by atomic mass is 79.9. The minimum absolute atomic E-state index is 0.0847. The number of carbonyl (C=O) groups is 2. The highest BCUT2D eigenvalue weighted by molar-refractivity contribution is 9.10. The van der Waals surface area contributed by atoms with E-state index in [9.17, 15) is 9.59 Å². The number of fused-ring (bicyclic) bond motifs is 1. The van der Waals surface area contributed by atoms with Crippen LogP contribution in [0.4, 0.5) is 0 Å². The molecule has 0 aliphatic carbocycles. The van der Waals surface area contributed by atoms with Crippen molar-refractivity contribution >= 4 is 38.7 Å². The van der Waals surface area contributed by atoms with Gasteiger partial charge in [-0.1, -0.05) is 0 Å². The zero-order valence-corrected chi connectivity index (χ0v) is 18.5. The first-order chi connectivity index (χ1) is 14.4. The summed E-state index contributed by atoms with van der Waals surface area (Å²) < 4.78 is 32.5. The molecule has 9 heteroatoms. The Labute approximate surface area is 180 Å². The van der Waals surface area contributed by atoms with Crippen LogP contribution in [-0.2, 0) is 4.79 Å². The Bertz CT molecular complexity index is 1130. The summed E-state index contributed by atoms with van der Waals surface area (Å²) in [5.41, 5.74) is 0.661. The van der Waals surface area contributed by atoms with E-state index in [1.54, 1.807) is 24.3 Å². The molecule has 8 nitrogen and oxygen atoms in total. The largest absolute Gasteiger partial charge is 0.493 e. The maximum Gasteiger partial charge on any atom is 0.308 e. The monoisotopic (exact) mass is 478 g/mol. The summed E-state index contributed by atoms with van der Waals surface area (Å²) in [5.74, 6) is 0.362. The number of hydrogen-bond acceptors (Lipinski definition) is 8. The summed E-state index contributed by atoms with van der Waals surface area (Å²) in [6.45, 7) is 1.26. The standard InChI is InChI=1S/C21H19BrO8/c1-10(23)29-20-14(26-3)8-6-11-15(21(22)30-18(11)20)16(24)12-7-9-13(25-2)19(28-5)17(12)27-4/h6-9H,1-5H3. The van der Waals surface area contributed by atoms with Crippen LogP contribution in [0, 0.1) is 0 Å². The Hall–Kier alpha value is -3.20. The maximum atomic E-state index is 13.5. The number of benzene rings is 2. The van der Waals surface area contributed by atoms with Crippen LogP contribution >= 0.6 is 15.9 Å². The third-order valence-electron chi connectivity index (χ3n) is 4.38. The molecule has 0 atom stereocenters. The average molecular weight is 479 g/mol. The van der Waals surface area contributed by atoms with E-state index in [-0.39, 0.29) is 38.6 Å². The van der Waals surface area contributed by atoms with E-state index in [1.165, 1.54) is 35.4 Å². The van der Waals surface area contributed by atoms with Gasteiger partial charge in [0.1, 0.15) is 0 Å². The van der Waals surface area contributed by atoms with Crippen molar-refractivity contribution in [2.75, 3.05) is 28.4 Å². The van der Waals surface area contributed by atoms with Crippen molar-refractivity contribution < 1.29 is 37.7 Å². The summed E-state index contributed by atoms with van der Waals surface area (Å²) in [7, 11) is 5.81. The lowest BCUT2D eigenvalue weighted by atomic mass is 10.0. The zero-order chi connectivity index (χ0) is 22.0. The number of hydrogen-bond donors (Lipinski definition) is 0. The maximum absolute atomic E-state index is 13.5. The second kappa shape index (κ2) is 8.66. The van der Waals surface area contributed by atoms with E-state index in [0.29, 0.717) is 16.9 Å². The highest BCUT2D eigenvalue weighted by Gasteiger charge is 2.29. The third kappa shape index (κ3) is 3.56. The van der Waals surface area contributed by atoms with Gasteiger partial charge in [0.05, 0.1) is 39.6 Å². The van der Waals surface area contributed by atoms with Gasteiger partial charge in [0.25, 0.3) is 0 Å². The van der Waals surface area contributed by atoms with Crippen molar-refractivity contribution in [3.05, 3.63) is 40.1 Å². The number of ketones is 1. The highest BCUT2D eigenvalue weighted by Crippen LogP contribution is 2.45. The van der Waals surface area contributed by atoms with Crippen LogP contribution in [0.2, 0.25) is 0 Å². The van der Waals surface area contributed by atoms with Crippen molar-refractivity contribution in [3.63, 3.8) is 0 Å². The van der Waals surface area contributed by atoms with E-state index in [0.717, 1.165) is 0 Å². The Kier molecular flexibility index (Phi) is 6.21. The van der Waals surface area contributed by atoms with E-state index in [4.69, 9.17) is 28.1 Å². The van der Waals surface area contributed by atoms with E-state index in [2.05, 4.69) is 15.9 Å². The molecule has 0 unspecified atom stereocenters. The van der Waals surface area contributed by atoms with Gasteiger partial charge in [-0.15, -0.1) is 0 Å². The fraction of sp³-hybridized carbons (Fsp3) is 0.238. The van der Waals surface area contributed by atoms with Gasteiger partial charge in [0, 0.05) is 12.3 Å². The molecule has 0 radical (unpaired) electrons. The molecule has 0 aliphatic rings. The molecule has 0 saturated heterocycles. The van der Waals surface area contributed by atoms with Gasteiger partial charge < -0.3 is 28.1 Å². The molecule has 0 spiro atoms. The predicted octanol–water partition coefficient (Wildman–Crippen LogP) is 4.39. The Morgan fingerprint density at radius 3 is 2.00 bits per heavy atom. The van der Waals surface area contributed by atoms with Crippen LogP contribution < -0.4 is 23.7 Å². The normalized spacial score (nSPS) is 10.6. The zero-order valence-electron chi connectivity index (χ0n) is 17.0. The number of carbonyl (C=O) groups excluding carboxylic acids is 2. The molecule has 1 aromatic heterocycles. The van der Waals surface area contributed by atoms with Crippen LogP contribution in [0.3, 0.4) is 0 Å². The van der Waals surface area contributed by atoms with Crippen LogP contribution in [0.25, 0.3) is 11.0 Å². The second-order valence-electron chi connectivity index (χ2n) is 6.03. The van der Waals surface area contributed by atoms with Crippen LogP contribution in [-0.4, -0.2) is 40.2 Å². The van der Waals surface area contributed by atoms with Crippen molar-refractivity contribution in [1.82, 2.24) is 0 Å². The summed E-state index contributed by atoms with van der Waals surface area (Å²) in [5, 5.41) is 0.431. The SMILES string of the molecule is COc1ccc(C(=O)c2c(Br)oc3c(OC(C)=O)c(OC)ccc23)c(OC)c1OC. The topological polar surface area (TPSA) is 93.4 Å². The number of methoxy groups -OCH3 is 4. The molecule has 3 aromatic rings. The number of rotatable bonds is 7. The molecule has 0 aliphatic heterocycles. The van der Waals surface area contributed by atoms with Crippen molar-refractivity contribution in [2.45, 2.75) is 6.92 Å². The lowest BCUT2D eigenvalue weighted by Crippen LogP contribution is -2.07. The van der Waals surface area contributed by atoms with Crippen molar-refractivity contribution in [1.29, 1.82) is 0 Å². The quantitative estimate of drug-likeness (QED) is 0.280. The molecule has 2 aromatic carbocycles. The molecule has 158 valence electrons. The molecular weight excluding hydrogens is 460 g/mol. The number of ether oxygens (including phenoxy) is 5. The average Bonchev–Trinajstić information content (AvgIpc) is 3.08. The first-order valence-electron chi connectivity index (χ1n) is 8.68. The van der Waals surface area contributed by atoms with Gasteiger partial charge in [-0.2, -0.15) is 0 Å². The van der Waals surface area contributed by atoms with Gasteiger partial charge in [-0.3, -0.25) is 9.59 Å². The molecule has 30 heavy (non-hydrogen) atoms. The Morgan fingerprint density at radius 2 is 1.43 bits per heavy atom. The van der Waals surface area contributed by atoms with Gasteiger partial charge >= 0.3 is 5.97 Å². The molecular formula is C21H19BrO8. The summed E-state index contributed by atoms with van der Waals surface area (Å²) in [6, 6.07) is 6.42. The van der Waals surface area contributed by atoms with Gasteiger partial charge in [0.2, 0.25) is 17.3 Å². The number of furan rings is 1. The van der Waals surface area contributed by atoms with Crippen molar-refractivity contribution in [2.24, 2.45) is 0 Å². The first-order valence-corrected chi connectivity index (χ1v) is 9.48. The number of halogens is 1. The van der Waals surface area contributed by atoms with Crippen molar-refractivity contribution in [3.8, 4) is 28.7 Å². The predicted molar refractivity (Wildman–Crippen MR) is 111 cm³/mol. The molecule has 0 N–H and O–H groups in total. The third-order valence-corrected chi connectivity index (χ3v) is 4.93. The summed E-state index contributed by atoms with van der Waals surface area (Å²) >= 11 is 3.30. The summed E-state index contributed by atoms with van der Waals surface area (Å²) in [6.07, 6.45) is 0. The van der Waals surface area contributed by atoms with Gasteiger partial charge in [0.15, 0.2) is 27.5 Å². The Balaban J connectivity index is 2.24. The van der Waals surface area contributed by atoms with Crippen LogP contribution in [0.5, 0.6) is 28.7 Å². The molecule has 0 bridgehead atoms. The fourth-order valence-corrected chi connectivity index (χ4v) is 3.67. The lowest BCUT2D eigenvalue weighted by molar-refractivity contribution is -0.131. The fourth-order valence-electron chi connectivity index (χ4n) is 3.12.